The van der Waals surface area contributed by atoms with Gasteiger partial charge in [0, 0.05) is 15.2 Å². The average molecular weight is 304 g/mol. The molecule has 0 radical (unpaired) electrons. The van der Waals surface area contributed by atoms with E-state index in [0.29, 0.717) is 12.3 Å². The van der Waals surface area contributed by atoms with Crippen LogP contribution in [0.4, 0.5) is 0 Å². The van der Waals surface area contributed by atoms with Crippen LogP contribution in [-0.4, -0.2) is 39.8 Å². The van der Waals surface area contributed by atoms with Crippen molar-refractivity contribution in [1.82, 2.24) is 4.00 Å². The Morgan fingerprint density at radius 3 is 1.78 bits per heavy atom. The standard InChI is InChI=1S/C13H30NOPSi2/c1-13(2)16(12-10-11-15-3)14(17(4,5)6)18(7,8)9/h13H,11H2,1-9H3. The van der Waals surface area contributed by atoms with Gasteiger partial charge in [0.25, 0.3) is 0 Å². The smallest absolute Gasteiger partial charge is 0.116 e. The van der Waals surface area contributed by atoms with Crippen molar-refractivity contribution in [2.75, 3.05) is 13.7 Å². The Morgan fingerprint density at radius 1 is 1.06 bits per heavy atom. The van der Waals surface area contributed by atoms with Gasteiger partial charge in [0.1, 0.15) is 23.1 Å². The molecule has 0 amide bonds. The average Bonchev–Trinajstić information content (AvgIpc) is 2.11. The summed E-state index contributed by atoms with van der Waals surface area (Å²) in [5, 5.41) is 0. The van der Waals surface area contributed by atoms with Crippen LogP contribution in [0.5, 0.6) is 0 Å². The van der Waals surface area contributed by atoms with Gasteiger partial charge in [-0.05, 0) is 5.66 Å². The Bertz CT molecular complexity index is 296. The molecule has 0 rings (SSSR count). The minimum atomic E-state index is -1.33. The SMILES string of the molecule is COCC#CP(C(C)C)N([Si](C)(C)C)[Si](C)(C)C. The maximum absolute atomic E-state index is 5.06. The molecule has 5 heteroatoms. The first-order chi connectivity index (χ1) is 8.01. The van der Waals surface area contributed by atoms with Crippen molar-refractivity contribution >= 4 is 24.5 Å². The molecule has 0 N–H and O–H groups in total. The van der Waals surface area contributed by atoms with E-state index in [0.717, 1.165) is 0 Å². The molecular weight excluding hydrogens is 273 g/mol. The van der Waals surface area contributed by atoms with Gasteiger partial charge >= 0.3 is 0 Å². The van der Waals surface area contributed by atoms with Crippen LogP contribution in [-0.2, 0) is 4.74 Å². The molecule has 18 heavy (non-hydrogen) atoms. The molecule has 0 aliphatic rings. The fourth-order valence-corrected chi connectivity index (χ4v) is 18.2. The van der Waals surface area contributed by atoms with E-state index in [9.17, 15) is 0 Å². The van der Waals surface area contributed by atoms with Gasteiger partial charge in [-0.15, -0.1) is 0 Å². The molecule has 0 spiro atoms. The Balaban J connectivity index is 5.34. The number of methoxy groups -OCH3 is 1. The molecule has 0 saturated carbocycles. The summed E-state index contributed by atoms with van der Waals surface area (Å²) in [6, 6.07) is 0. The van der Waals surface area contributed by atoms with Crippen LogP contribution in [0.3, 0.4) is 0 Å². The van der Waals surface area contributed by atoms with E-state index in [-0.39, 0.29) is 8.07 Å². The largest absolute Gasteiger partial charge is 0.372 e. The normalized spacial score (nSPS) is 14.6. The van der Waals surface area contributed by atoms with Gasteiger partial charge in [-0.1, -0.05) is 64.7 Å². The van der Waals surface area contributed by atoms with E-state index in [1.807, 2.05) is 0 Å². The summed E-state index contributed by atoms with van der Waals surface area (Å²) in [6.45, 7) is 19.8. The molecule has 1 unspecified atom stereocenters. The van der Waals surface area contributed by atoms with Gasteiger partial charge < -0.3 is 8.74 Å². The van der Waals surface area contributed by atoms with Crippen molar-refractivity contribution in [2.45, 2.75) is 58.8 Å². The maximum Gasteiger partial charge on any atom is 0.116 e. The van der Waals surface area contributed by atoms with Gasteiger partial charge in [0.05, 0.1) is 0 Å². The summed E-state index contributed by atoms with van der Waals surface area (Å²) in [6.07, 6.45) is 0. The molecule has 1 atom stereocenters. The zero-order chi connectivity index (χ0) is 14.6. The monoisotopic (exact) mass is 303 g/mol. The van der Waals surface area contributed by atoms with Crippen molar-refractivity contribution in [3.63, 3.8) is 0 Å². The van der Waals surface area contributed by atoms with E-state index in [1.165, 1.54) is 0 Å². The zero-order valence-electron chi connectivity index (χ0n) is 13.6. The van der Waals surface area contributed by atoms with Crippen LogP contribution in [0.25, 0.3) is 0 Å². The molecule has 0 aromatic rings. The number of ether oxygens (including phenoxy) is 1. The van der Waals surface area contributed by atoms with Crippen LogP contribution in [0.1, 0.15) is 13.8 Å². The molecule has 0 bridgehead atoms. The lowest BCUT2D eigenvalue weighted by atomic mass is 10.6. The molecule has 0 saturated heterocycles. The van der Waals surface area contributed by atoms with Gasteiger partial charge in [-0.2, -0.15) is 0 Å². The summed E-state index contributed by atoms with van der Waals surface area (Å²) >= 11 is 0. The molecule has 0 aliphatic heterocycles. The lowest BCUT2D eigenvalue weighted by Crippen LogP contribution is -2.56. The molecule has 0 fully saturated rings. The third-order valence-electron chi connectivity index (χ3n) is 2.39. The summed E-state index contributed by atoms with van der Waals surface area (Å²) in [5.74, 6) is 3.20. The molecule has 106 valence electrons. The molecular formula is C13H30NOPSi2. The van der Waals surface area contributed by atoms with Gasteiger partial charge in [-0.25, -0.2) is 0 Å². The van der Waals surface area contributed by atoms with Crippen LogP contribution >= 0.6 is 8.07 Å². The van der Waals surface area contributed by atoms with E-state index in [1.54, 1.807) is 7.11 Å². The van der Waals surface area contributed by atoms with Crippen LogP contribution in [0.2, 0.25) is 39.3 Å². The molecule has 0 aromatic heterocycles. The Kier molecular flexibility index (Phi) is 7.35. The quantitative estimate of drug-likeness (QED) is 0.425. The third kappa shape index (κ3) is 5.99. The lowest BCUT2D eigenvalue weighted by molar-refractivity contribution is 0.240. The minimum absolute atomic E-state index is 0.355. The number of nitrogens with zero attached hydrogens (tertiary/aromatic N) is 1. The van der Waals surface area contributed by atoms with E-state index < -0.39 is 16.5 Å². The van der Waals surface area contributed by atoms with Gasteiger partial charge in [0.2, 0.25) is 0 Å². The Morgan fingerprint density at radius 2 is 1.50 bits per heavy atom. The van der Waals surface area contributed by atoms with Crippen molar-refractivity contribution in [3.8, 4) is 11.6 Å². The van der Waals surface area contributed by atoms with Gasteiger partial charge in [0.15, 0.2) is 0 Å². The number of rotatable bonds is 5. The highest BCUT2D eigenvalue weighted by Crippen LogP contribution is 2.50. The highest BCUT2D eigenvalue weighted by molar-refractivity contribution is 7.65. The molecule has 2 nitrogen and oxygen atoms in total. The van der Waals surface area contributed by atoms with Crippen LogP contribution in [0.15, 0.2) is 0 Å². The molecule has 0 aliphatic carbocycles. The predicted molar refractivity (Wildman–Crippen MR) is 90.2 cm³/mol. The van der Waals surface area contributed by atoms with Crippen molar-refractivity contribution in [1.29, 1.82) is 0 Å². The van der Waals surface area contributed by atoms with E-state index in [2.05, 4.69) is 68.7 Å². The van der Waals surface area contributed by atoms with Crippen molar-refractivity contribution in [2.24, 2.45) is 0 Å². The second-order valence-corrected chi connectivity index (χ2v) is 19.9. The second kappa shape index (κ2) is 7.21. The first kappa shape index (κ1) is 18.3. The predicted octanol–water partition coefficient (Wildman–Crippen LogP) is 4.37. The highest BCUT2D eigenvalue weighted by atomic mass is 31.1. The van der Waals surface area contributed by atoms with Crippen molar-refractivity contribution < 1.29 is 4.74 Å². The molecule has 0 heterocycles. The summed E-state index contributed by atoms with van der Waals surface area (Å²) < 4.78 is 7.91. The number of hydrogen-bond donors (Lipinski definition) is 0. The fraction of sp³-hybridized carbons (Fsp3) is 0.846. The zero-order valence-corrected chi connectivity index (χ0v) is 16.5. The number of hydrogen-bond acceptors (Lipinski definition) is 2. The van der Waals surface area contributed by atoms with Crippen LogP contribution in [0, 0.1) is 11.6 Å². The van der Waals surface area contributed by atoms with Crippen molar-refractivity contribution in [3.05, 3.63) is 0 Å². The fourth-order valence-electron chi connectivity index (χ4n) is 2.25. The topological polar surface area (TPSA) is 12.5 Å². The van der Waals surface area contributed by atoms with E-state index in [4.69, 9.17) is 4.74 Å². The first-order valence-corrected chi connectivity index (χ1v) is 14.8. The maximum atomic E-state index is 5.06. The first-order valence-electron chi connectivity index (χ1n) is 6.58. The Hall–Kier alpha value is 0.344. The summed E-state index contributed by atoms with van der Waals surface area (Å²) in [4.78, 5) is 0. The van der Waals surface area contributed by atoms with Gasteiger partial charge in [-0.3, -0.25) is 0 Å². The molecule has 0 aromatic carbocycles. The van der Waals surface area contributed by atoms with Crippen LogP contribution < -0.4 is 0 Å². The minimum Gasteiger partial charge on any atom is -0.372 e. The third-order valence-corrected chi connectivity index (χ3v) is 15.6. The summed E-state index contributed by atoms with van der Waals surface area (Å²) in [7, 11) is -1.30. The van der Waals surface area contributed by atoms with E-state index >= 15 is 0 Å². The highest BCUT2D eigenvalue weighted by Gasteiger charge is 2.40. The second-order valence-electron chi connectivity index (χ2n) is 6.81. The lowest BCUT2D eigenvalue weighted by Gasteiger charge is -2.48. The summed E-state index contributed by atoms with van der Waals surface area (Å²) in [5.41, 5.74) is 4.15. The Labute approximate surface area is 117 Å².